The minimum Gasteiger partial charge on any atom is -0.313 e. The Morgan fingerprint density at radius 1 is 1.33 bits per heavy atom. The Bertz CT molecular complexity index is 546. The summed E-state index contributed by atoms with van der Waals surface area (Å²) in [7, 11) is 0. The first-order valence-corrected chi connectivity index (χ1v) is 4.65. The Balaban J connectivity index is 2.70. The van der Waals surface area contributed by atoms with Crippen LogP contribution in [0.4, 0.5) is 0 Å². The Morgan fingerprint density at radius 3 is 2.87 bits per heavy atom. The molecule has 0 atom stereocenters. The molecule has 1 N–H and O–H groups in total. The van der Waals surface area contributed by atoms with E-state index in [1.807, 2.05) is 13.0 Å². The molecule has 0 fully saturated rings. The molecule has 15 heavy (non-hydrogen) atoms. The molecule has 0 bridgehead atoms. The van der Waals surface area contributed by atoms with E-state index in [0.717, 1.165) is 16.8 Å². The van der Waals surface area contributed by atoms with Crippen molar-refractivity contribution in [2.45, 2.75) is 13.8 Å². The SMILES string of the molecule is Cc1cnccc1-c1nc[nH]c(=O)c1C. The van der Waals surface area contributed by atoms with Crippen LogP contribution in [0.3, 0.4) is 0 Å². The molecule has 76 valence electrons. The summed E-state index contributed by atoms with van der Waals surface area (Å²) in [6.07, 6.45) is 4.88. The van der Waals surface area contributed by atoms with Crippen LogP contribution in [0.2, 0.25) is 0 Å². The lowest BCUT2D eigenvalue weighted by molar-refractivity contribution is 1.08. The van der Waals surface area contributed by atoms with Crippen molar-refractivity contribution in [1.29, 1.82) is 0 Å². The predicted octanol–water partition coefficient (Wildman–Crippen LogP) is 1.45. The molecule has 2 rings (SSSR count). The van der Waals surface area contributed by atoms with Crippen molar-refractivity contribution in [2.75, 3.05) is 0 Å². The van der Waals surface area contributed by atoms with Gasteiger partial charge in [0.2, 0.25) is 0 Å². The molecule has 0 aliphatic heterocycles. The van der Waals surface area contributed by atoms with Gasteiger partial charge in [-0.1, -0.05) is 0 Å². The number of hydrogen-bond donors (Lipinski definition) is 1. The maximum absolute atomic E-state index is 11.4. The highest BCUT2D eigenvalue weighted by atomic mass is 16.1. The summed E-state index contributed by atoms with van der Waals surface area (Å²) in [5.74, 6) is 0. The van der Waals surface area contributed by atoms with Crippen LogP contribution < -0.4 is 5.56 Å². The third kappa shape index (κ3) is 1.66. The van der Waals surface area contributed by atoms with Gasteiger partial charge in [0.15, 0.2) is 0 Å². The fourth-order valence-corrected chi connectivity index (χ4v) is 1.48. The van der Waals surface area contributed by atoms with Crippen molar-refractivity contribution in [3.05, 3.63) is 46.3 Å². The van der Waals surface area contributed by atoms with Gasteiger partial charge in [-0.15, -0.1) is 0 Å². The Morgan fingerprint density at radius 2 is 2.13 bits per heavy atom. The van der Waals surface area contributed by atoms with E-state index in [0.29, 0.717) is 5.56 Å². The molecule has 2 aromatic heterocycles. The number of H-pyrrole nitrogens is 1. The molecular weight excluding hydrogens is 190 g/mol. The van der Waals surface area contributed by atoms with Crippen LogP contribution >= 0.6 is 0 Å². The lowest BCUT2D eigenvalue weighted by Crippen LogP contribution is -2.11. The zero-order chi connectivity index (χ0) is 10.8. The third-order valence-electron chi connectivity index (χ3n) is 2.36. The Hall–Kier alpha value is -1.97. The highest BCUT2D eigenvalue weighted by molar-refractivity contribution is 5.64. The van der Waals surface area contributed by atoms with Crippen LogP contribution in [-0.2, 0) is 0 Å². The van der Waals surface area contributed by atoms with Gasteiger partial charge in [-0.05, 0) is 25.5 Å². The van der Waals surface area contributed by atoms with Crippen molar-refractivity contribution >= 4 is 0 Å². The number of rotatable bonds is 1. The van der Waals surface area contributed by atoms with Crippen molar-refractivity contribution in [1.82, 2.24) is 15.0 Å². The van der Waals surface area contributed by atoms with E-state index in [1.165, 1.54) is 6.33 Å². The van der Waals surface area contributed by atoms with Crippen LogP contribution in [0.15, 0.2) is 29.6 Å². The van der Waals surface area contributed by atoms with E-state index in [1.54, 1.807) is 19.3 Å². The Labute approximate surface area is 87.0 Å². The van der Waals surface area contributed by atoms with Gasteiger partial charge < -0.3 is 4.98 Å². The molecule has 2 heterocycles. The van der Waals surface area contributed by atoms with E-state index >= 15 is 0 Å². The number of aryl methyl sites for hydroxylation is 1. The first-order chi connectivity index (χ1) is 7.20. The maximum Gasteiger partial charge on any atom is 0.254 e. The normalized spacial score (nSPS) is 10.3. The zero-order valence-corrected chi connectivity index (χ0v) is 8.61. The van der Waals surface area contributed by atoms with Gasteiger partial charge >= 0.3 is 0 Å². The van der Waals surface area contributed by atoms with Gasteiger partial charge in [0.1, 0.15) is 0 Å². The number of nitrogens with one attached hydrogen (secondary N) is 1. The molecule has 0 unspecified atom stereocenters. The van der Waals surface area contributed by atoms with Gasteiger partial charge in [0, 0.05) is 23.5 Å². The maximum atomic E-state index is 11.4. The van der Waals surface area contributed by atoms with Crippen LogP contribution in [0.5, 0.6) is 0 Å². The average molecular weight is 201 g/mol. The van der Waals surface area contributed by atoms with Crippen molar-refractivity contribution in [2.24, 2.45) is 0 Å². The minimum atomic E-state index is -0.101. The van der Waals surface area contributed by atoms with E-state index in [-0.39, 0.29) is 5.56 Å². The highest BCUT2D eigenvalue weighted by Gasteiger charge is 2.08. The molecular formula is C11H11N3O. The average Bonchev–Trinajstić information content (AvgIpc) is 2.23. The number of pyridine rings is 1. The largest absolute Gasteiger partial charge is 0.313 e. The minimum absolute atomic E-state index is 0.101. The first-order valence-electron chi connectivity index (χ1n) is 4.65. The van der Waals surface area contributed by atoms with E-state index < -0.39 is 0 Å². The fourth-order valence-electron chi connectivity index (χ4n) is 1.48. The van der Waals surface area contributed by atoms with Gasteiger partial charge in [-0.25, -0.2) is 4.98 Å². The van der Waals surface area contributed by atoms with E-state index in [9.17, 15) is 4.79 Å². The second kappa shape index (κ2) is 3.65. The zero-order valence-electron chi connectivity index (χ0n) is 8.61. The number of aromatic amines is 1. The molecule has 0 spiro atoms. The standard InChI is InChI=1S/C11H11N3O/c1-7-5-12-4-3-9(7)10-8(2)11(15)14-6-13-10/h3-6H,1-2H3,(H,13,14,15). The van der Waals surface area contributed by atoms with Gasteiger partial charge in [0.25, 0.3) is 5.56 Å². The molecule has 0 aromatic carbocycles. The molecule has 0 aliphatic carbocycles. The summed E-state index contributed by atoms with van der Waals surface area (Å²) in [4.78, 5) is 22.2. The number of aromatic nitrogens is 3. The summed E-state index contributed by atoms with van der Waals surface area (Å²) >= 11 is 0. The predicted molar refractivity (Wildman–Crippen MR) is 57.6 cm³/mol. The van der Waals surface area contributed by atoms with Gasteiger partial charge in [-0.2, -0.15) is 0 Å². The van der Waals surface area contributed by atoms with E-state index in [4.69, 9.17) is 0 Å². The quantitative estimate of drug-likeness (QED) is 0.759. The summed E-state index contributed by atoms with van der Waals surface area (Å²) in [6, 6.07) is 1.87. The lowest BCUT2D eigenvalue weighted by atomic mass is 10.1. The van der Waals surface area contributed by atoms with Crippen LogP contribution in [0.1, 0.15) is 11.1 Å². The summed E-state index contributed by atoms with van der Waals surface area (Å²) in [6.45, 7) is 3.71. The second-order valence-electron chi connectivity index (χ2n) is 3.40. The summed E-state index contributed by atoms with van der Waals surface area (Å²) in [5.41, 5.74) is 3.22. The van der Waals surface area contributed by atoms with Crippen molar-refractivity contribution < 1.29 is 0 Å². The monoisotopic (exact) mass is 201 g/mol. The third-order valence-corrected chi connectivity index (χ3v) is 2.36. The highest BCUT2D eigenvalue weighted by Crippen LogP contribution is 2.20. The topological polar surface area (TPSA) is 58.6 Å². The number of hydrogen-bond acceptors (Lipinski definition) is 3. The fraction of sp³-hybridized carbons (Fsp3) is 0.182. The molecule has 2 aromatic rings. The molecule has 4 nitrogen and oxygen atoms in total. The van der Waals surface area contributed by atoms with Gasteiger partial charge in [-0.3, -0.25) is 9.78 Å². The molecule has 4 heteroatoms. The molecule has 0 amide bonds. The van der Waals surface area contributed by atoms with Crippen molar-refractivity contribution in [3.8, 4) is 11.3 Å². The van der Waals surface area contributed by atoms with Crippen LogP contribution in [0, 0.1) is 13.8 Å². The lowest BCUT2D eigenvalue weighted by Gasteiger charge is -2.05. The molecule has 0 aliphatic rings. The van der Waals surface area contributed by atoms with Crippen LogP contribution in [0.25, 0.3) is 11.3 Å². The second-order valence-corrected chi connectivity index (χ2v) is 3.40. The summed E-state index contributed by atoms with van der Waals surface area (Å²) < 4.78 is 0. The van der Waals surface area contributed by atoms with Crippen molar-refractivity contribution in [3.63, 3.8) is 0 Å². The van der Waals surface area contributed by atoms with E-state index in [2.05, 4.69) is 15.0 Å². The molecule has 0 radical (unpaired) electrons. The summed E-state index contributed by atoms with van der Waals surface area (Å²) in [5, 5.41) is 0. The first kappa shape index (κ1) is 9.58. The Kier molecular flexibility index (Phi) is 2.33. The smallest absolute Gasteiger partial charge is 0.254 e. The van der Waals surface area contributed by atoms with Gasteiger partial charge in [0.05, 0.1) is 12.0 Å². The molecule has 0 saturated carbocycles. The molecule has 0 saturated heterocycles. The number of nitrogens with zero attached hydrogens (tertiary/aromatic N) is 2. The van der Waals surface area contributed by atoms with Crippen LogP contribution in [-0.4, -0.2) is 15.0 Å².